The minimum atomic E-state index is 0.120. The Balaban J connectivity index is 4.49. The van der Waals surface area contributed by atoms with Crippen molar-refractivity contribution < 1.29 is 0 Å². The van der Waals surface area contributed by atoms with Crippen LogP contribution in [0.2, 0.25) is 0 Å². The highest BCUT2D eigenvalue weighted by Gasteiger charge is 1.93. The molecule has 0 aromatic carbocycles. The van der Waals surface area contributed by atoms with E-state index in [1.54, 1.807) is 18.2 Å². The fourth-order valence-corrected chi connectivity index (χ4v) is 0.462. The van der Waals surface area contributed by atoms with Gasteiger partial charge in [0.2, 0.25) is 0 Å². The lowest BCUT2D eigenvalue weighted by Crippen LogP contribution is -1.92. The standard InChI is InChI=1S/C8H10N2/c1-4-6-7(5-2)8(9)10-3/h4-6,9H,1-3H2/b7-6+,9-8?. The van der Waals surface area contributed by atoms with Gasteiger partial charge < -0.3 is 0 Å². The van der Waals surface area contributed by atoms with Crippen molar-refractivity contribution in [3.8, 4) is 0 Å². The van der Waals surface area contributed by atoms with Gasteiger partial charge in [0, 0.05) is 5.57 Å². The highest BCUT2D eigenvalue weighted by molar-refractivity contribution is 6.01. The van der Waals surface area contributed by atoms with E-state index in [0.717, 1.165) is 0 Å². The number of aliphatic imine (C=N–C) groups is 1. The molecule has 1 N–H and O–H groups in total. The monoisotopic (exact) mass is 134 g/mol. The van der Waals surface area contributed by atoms with Crippen molar-refractivity contribution in [1.82, 2.24) is 0 Å². The third-order valence-electron chi connectivity index (χ3n) is 0.949. The predicted molar refractivity (Wildman–Crippen MR) is 45.8 cm³/mol. The third kappa shape index (κ3) is 2.22. The van der Waals surface area contributed by atoms with Crippen molar-refractivity contribution in [3.05, 3.63) is 37.0 Å². The molecule has 0 aliphatic carbocycles. The van der Waals surface area contributed by atoms with E-state index in [9.17, 15) is 0 Å². The van der Waals surface area contributed by atoms with Crippen molar-refractivity contribution in [3.63, 3.8) is 0 Å². The lowest BCUT2D eigenvalue weighted by atomic mass is 10.2. The summed E-state index contributed by atoms with van der Waals surface area (Å²) in [6.07, 6.45) is 4.78. The Hall–Kier alpha value is -1.44. The maximum absolute atomic E-state index is 7.18. The highest BCUT2D eigenvalue weighted by Crippen LogP contribution is 1.98. The van der Waals surface area contributed by atoms with Crippen molar-refractivity contribution >= 4 is 12.6 Å². The van der Waals surface area contributed by atoms with Gasteiger partial charge in [0.05, 0.1) is 0 Å². The van der Waals surface area contributed by atoms with E-state index >= 15 is 0 Å². The predicted octanol–water partition coefficient (Wildman–Crippen LogP) is 1.96. The average molecular weight is 134 g/mol. The summed E-state index contributed by atoms with van der Waals surface area (Å²) in [6, 6.07) is 0. The number of allylic oxidation sites excluding steroid dienone is 2. The molecule has 0 aromatic heterocycles. The Labute approximate surface area is 60.8 Å². The minimum Gasteiger partial charge on any atom is -0.282 e. The van der Waals surface area contributed by atoms with Crippen LogP contribution >= 0.6 is 0 Å². The molecule has 0 atom stereocenters. The number of hydrogen-bond acceptors (Lipinski definition) is 1. The smallest absolute Gasteiger partial charge is 0.151 e. The van der Waals surface area contributed by atoms with Crippen molar-refractivity contribution in [2.45, 2.75) is 0 Å². The quantitative estimate of drug-likeness (QED) is 0.348. The Morgan fingerprint density at radius 3 is 2.30 bits per heavy atom. The van der Waals surface area contributed by atoms with Gasteiger partial charge in [0.1, 0.15) is 0 Å². The number of rotatable bonds is 3. The van der Waals surface area contributed by atoms with Crippen LogP contribution in [0.25, 0.3) is 0 Å². The van der Waals surface area contributed by atoms with Crippen LogP contribution in [0.3, 0.4) is 0 Å². The van der Waals surface area contributed by atoms with E-state index in [1.165, 1.54) is 0 Å². The molecule has 0 aromatic rings. The van der Waals surface area contributed by atoms with Crippen LogP contribution in [0, 0.1) is 5.41 Å². The normalized spacial score (nSPS) is 10.2. The molecule has 0 bridgehead atoms. The van der Waals surface area contributed by atoms with Gasteiger partial charge in [0.25, 0.3) is 0 Å². The fourth-order valence-electron chi connectivity index (χ4n) is 0.462. The third-order valence-corrected chi connectivity index (χ3v) is 0.949. The molecule has 0 radical (unpaired) electrons. The Bertz CT molecular complexity index is 199. The summed E-state index contributed by atoms with van der Waals surface area (Å²) >= 11 is 0. The topological polar surface area (TPSA) is 36.2 Å². The summed E-state index contributed by atoms with van der Waals surface area (Å²) < 4.78 is 0. The van der Waals surface area contributed by atoms with Gasteiger partial charge in [0.15, 0.2) is 5.84 Å². The van der Waals surface area contributed by atoms with E-state index in [2.05, 4.69) is 24.9 Å². The van der Waals surface area contributed by atoms with Gasteiger partial charge in [-0.1, -0.05) is 31.4 Å². The molecule has 10 heavy (non-hydrogen) atoms. The molecule has 0 spiro atoms. The molecule has 0 amide bonds. The molecule has 0 aliphatic heterocycles. The van der Waals surface area contributed by atoms with Gasteiger partial charge in [-0.3, -0.25) is 5.41 Å². The van der Waals surface area contributed by atoms with Gasteiger partial charge in [-0.15, -0.1) is 0 Å². The van der Waals surface area contributed by atoms with Crippen LogP contribution in [-0.2, 0) is 0 Å². The lowest BCUT2D eigenvalue weighted by molar-refractivity contribution is 1.44. The minimum absolute atomic E-state index is 0.120. The molecule has 2 heteroatoms. The summed E-state index contributed by atoms with van der Waals surface area (Å²) in [5, 5.41) is 7.18. The zero-order chi connectivity index (χ0) is 7.98. The van der Waals surface area contributed by atoms with Gasteiger partial charge in [-0.2, -0.15) is 0 Å². The largest absolute Gasteiger partial charge is 0.282 e. The summed E-state index contributed by atoms with van der Waals surface area (Å²) in [5.74, 6) is 0.120. The average Bonchev–Trinajstić information content (AvgIpc) is 1.99. The maximum atomic E-state index is 7.18. The van der Waals surface area contributed by atoms with E-state index in [4.69, 9.17) is 5.41 Å². The molecule has 0 heterocycles. The van der Waals surface area contributed by atoms with Gasteiger partial charge in [-0.25, -0.2) is 4.99 Å². The number of nitrogens with one attached hydrogen (secondary N) is 1. The first-order valence-electron chi connectivity index (χ1n) is 2.77. The molecule has 0 fully saturated rings. The second-order valence-electron chi connectivity index (χ2n) is 1.57. The molecule has 2 nitrogen and oxygen atoms in total. The molecule has 0 rings (SSSR count). The Kier molecular flexibility index (Phi) is 3.80. The van der Waals surface area contributed by atoms with Crippen LogP contribution in [0.1, 0.15) is 0 Å². The number of hydrogen-bond donors (Lipinski definition) is 1. The molecule has 0 aliphatic rings. The number of amidine groups is 1. The van der Waals surface area contributed by atoms with Gasteiger partial charge in [-0.05, 0) is 6.72 Å². The van der Waals surface area contributed by atoms with Crippen LogP contribution < -0.4 is 0 Å². The second-order valence-corrected chi connectivity index (χ2v) is 1.57. The second kappa shape index (κ2) is 4.44. The maximum Gasteiger partial charge on any atom is 0.151 e. The first-order chi connectivity index (χ1) is 4.76. The van der Waals surface area contributed by atoms with E-state index < -0.39 is 0 Å². The molecular formula is C8H10N2. The first kappa shape index (κ1) is 8.56. The van der Waals surface area contributed by atoms with Crippen molar-refractivity contribution in [2.24, 2.45) is 4.99 Å². The zero-order valence-electron chi connectivity index (χ0n) is 5.80. The van der Waals surface area contributed by atoms with Gasteiger partial charge >= 0.3 is 0 Å². The molecule has 0 saturated carbocycles. The molecule has 52 valence electrons. The molecular weight excluding hydrogens is 124 g/mol. The Morgan fingerprint density at radius 1 is 1.40 bits per heavy atom. The molecule has 0 unspecified atom stereocenters. The van der Waals surface area contributed by atoms with Crippen LogP contribution in [-0.4, -0.2) is 12.6 Å². The van der Waals surface area contributed by atoms with E-state index in [0.29, 0.717) is 5.57 Å². The molecule has 0 saturated heterocycles. The summed E-state index contributed by atoms with van der Waals surface area (Å²) in [7, 11) is 0. The summed E-state index contributed by atoms with van der Waals surface area (Å²) in [5.41, 5.74) is 0.630. The zero-order valence-corrected chi connectivity index (χ0v) is 5.80. The van der Waals surface area contributed by atoms with Crippen LogP contribution in [0.4, 0.5) is 0 Å². The highest BCUT2D eigenvalue weighted by atomic mass is 14.8. The Morgan fingerprint density at radius 2 is 2.00 bits per heavy atom. The van der Waals surface area contributed by atoms with Crippen molar-refractivity contribution in [2.75, 3.05) is 0 Å². The van der Waals surface area contributed by atoms with Crippen LogP contribution in [0.5, 0.6) is 0 Å². The summed E-state index contributed by atoms with van der Waals surface area (Å²) in [6.45, 7) is 10.2. The summed E-state index contributed by atoms with van der Waals surface area (Å²) in [4.78, 5) is 3.42. The lowest BCUT2D eigenvalue weighted by Gasteiger charge is -1.93. The first-order valence-corrected chi connectivity index (χ1v) is 2.77. The van der Waals surface area contributed by atoms with E-state index in [-0.39, 0.29) is 5.84 Å². The van der Waals surface area contributed by atoms with Crippen molar-refractivity contribution in [1.29, 1.82) is 5.41 Å². The fraction of sp³-hybridized carbons (Fsp3) is 0. The number of nitrogens with zero attached hydrogens (tertiary/aromatic N) is 1. The van der Waals surface area contributed by atoms with E-state index in [1.807, 2.05) is 0 Å². The van der Waals surface area contributed by atoms with Crippen LogP contribution in [0.15, 0.2) is 42.0 Å². The SMILES string of the molecule is C=C/C=C(\C=C)C(=N)N=C.